The Labute approximate surface area is 264 Å². The van der Waals surface area contributed by atoms with Crippen molar-refractivity contribution in [3.05, 3.63) is 81.7 Å². The minimum atomic E-state index is -0.600. The van der Waals surface area contributed by atoms with Gasteiger partial charge in [0.2, 0.25) is 5.95 Å². The van der Waals surface area contributed by atoms with Crippen molar-refractivity contribution in [3.8, 4) is 11.1 Å². The molecule has 0 aliphatic carbocycles. The first kappa shape index (κ1) is 33.0. The van der Waals surface area contributed by atoms with Crippen molar-refractivity contribution in [2.45, 2.75) is 66.0 Å². The number of amides is 1. The van der Waals surface area contributed by atoms with E-state index in [0.29, 0.717) is 46.4 Å². The molecule has 0 radical (unpaired) electrons. The van der Waals surface area contributed by atoms with Gasteiger partial charge >= 0.3 is 6.09 Å². The highest BCUT2D eigenvalue weighted by Crippen LogP contribution is 2.27. The van der Waals surface area contributed by atoms with Gasteiger partial charge in [-0.2, -0.15) is 4.98 Å². The lowest BCUT2D eigenvalue weighted by molar-refractivity contribution is 0.0636. The van der Waals surface area contributed by atoms with Crippen molar-refractivity contribution >= 4 is 40.4 Å². The van der Waals surface area contributed by atoms with Gasteiger partial charge in [-0.25, -0.2) is 9.78 Å². The number of anilines is 2. The molecule has 2 aromatic heterocycles. The Bertz CT molecular complexity index is 1630. The molecule has 0 saturated heterocycles. The van der Waals surface area contributed by atoms with Crippen LogP contribution in [0.25, 0.3) is 22.2 Å². The Morgan fingerprint density at radius 3 is 2.52 bits per heavy atom. The fourth-order valence-electron chi connectivity index (χ4n) is 4.99. The SMILES string of the molecule is CCN(CC)CCCCNc1ncc2cc(-c3ccccc3Cl)c(=O)n(CCc3cccc(NC(=O)OC(C)(C)C)c3)c2n1. The predicted molar refractivity (Wildman–Crippen MR) is 180 cm³/mol. The van der Waals surface area contributed by atoms with E-state index in [1.54, 1.807) is 22.9 Å². The molecule has 0 bridgehead atoms. The van der Waals surface area contributed by atoms with Crippen molar-refractivity contribution in [2.75, 3.05) is 36.8 Å². The van der Waals surface area contributed by atoms with Crippen molar-refractivity contribution in [1.82, 2.24) is 19.4 Å². The molecular formula is C34H43ClN6O3. The quantitative estimate of drug-likeness (QED) is 0.152. The van der Waals surface area contributed by atoms with E-state index >= 15 is 0 Å². The number of halogens is 1. The largest absolute Gasteiger partial charge is 0.444 e. The highest BCUT2D eigenvalue weighted by molar-refractivity contribution is 6.33. The molecule has 0 saturated carbocycles. The molecule has 0 aliphatic rings. The molecule has 1 amide bonds. The topological polar surface area (TPSA) is 101 Å². The predicted octanol–water partition coefficient (Wildman–Crippen LogP) is 7.24. The molecule has 2 heterocycles. The van der Waals surface area contributed by atoms with Gasteiger partial charge < -0.3 is 15.0 Å². The summed E-state index contributed by atoms with van der Waals surface area (Å²) in [6.07, 6.45) is 3.83. The van der Waals surface area contributed by atoms with Gasteiger partial charge in [0.05, 0.1) is 0 Å². The third kappa shape index (κ3) is 9.03. The van der Waals surface area contributed by atoms with Crippen LogP contribution in [-0.4, -0.2) is 57.3 Å². The monoisotopic (exact) mass is 618 g/mol. The number of ether oxygens (including phenoxy) is 1. The summed E-state index contributed by atoms with van der Waals surface area (Å²) in [4.78, 5) is 38.0. The molecule has 0 unspecified atom stereocenters. The van der Waals surface area contributed by atoms with Crippen LogP contribution in [0.5, 0.6) is 0 Å². The van der Waals surface area contributed by atoms with E-state index in [4.69, 9.17) is 21.3 Å². The lowest BCUT2D eigenvalue weighted by Gasteiger charge is -2.19. The fourth-order valence-corrected chi connectivity index (χ4v) is 5.23. The Morgan fingerprint density at radius 1 is 1.02 bits per heavy atom. The maximum absolute atomic E-state index is 14.0. The summed E-state index contributed by atoms with van der Waals surface area (Å²) in [6.45, 7) is 14.1. The smallest absolute Gasteiger partial charge is 0.412 e. The van der Waals surface area contributed by atoms with Crippen LogP contribution in [0.1, 0.15) is 53.0 Å². The van der Waals surface area contributed by atoms with Gasteiger partial charge in [-0.15, -0.1) is 0 Å². The summed E-state index contributed by atoms with van der Waals surface area (Å²) in [5, 5.41) is 7.37. The average molecular weight is 619 g/mol. The van der Waals surface area contributed by atoms with Crippen LogP contribution >= 0.6 is 11.6 Å². The van der Waals surface area contributed by atoms with Crippen LogP contribution in [-0.2, 0) is 17.7 Å². The first-order valence-electron chi connectivity index (χ1n) is 15.3. The van der Waals surface area contributed by atoms with E-state index in [0.717, 1.165) is 50.0 Å². The molecule has 9 nitrogen and oxygen atoms in total. The van der Waals surface area contributed by atoms with Crippen molar-refractivity contribution in [2.24, 2.45) is 0 Å². The number of unbranched alkanes of at least 4 members (excludes halogenated alkanes) is 1. The lowest BCUT2D eigenvalue weighted by Crippen LogP contribution is -2.27. The zero-order valence-corrected chi connectivity index (χ0v) is 27.1. The van der Waals surface area contributed by atoms with E-state index in [2.05, 4.69) is 34.4 Å². The highest BCUT2D eigenvalue weighted by atomic mass is 35.5. The summed E-state index contributed by atoms with van der Waals surface area (Å²) >= 11 is 6.52. The number of hydrogen-bond acceptors (Lipinski definition) is 7. The molecule has 0 spiro atoms. The van der Waals surface area contributed by atoms with E-state index in [1.165, 1.54) is 0 Å². The third-order valence-corrected chi connectivity index (χ3v) is 7.60. The Hall–Kier alpha value is -3.95. The van der Waals surface area contributed by atoms with E-state index < -0.39 is 11.7 Å². The van der Waals surface area contributed by atoms with Gasteiger partial charge in [0.15, 0.2) is 0 Å². The molecule has 44 heavy (non-hydrogen) atoms. The first-order chi connectivity index (χ1) is 21.1. The van der Waals surface area contributed by atoms with Crippen LogP contribution < -0.4 is 16.2 Å². The molecule has 2 N–H and O–H groups in total. The Kier molecular flexibility index (Phi) is 11.4. The molecule has 4 rings (SSSR count). The molecule has 4 aromatic rings. The minimum Gasteiger partial charge on any atom is -0.444 e. The summed E-state index contributed by atoms with van der Waals surface area (Å²) in [5.41, 5.74) is 2.48. The summed E-state index contributed by atoms with van der Waals surface area (Å²) < 4.78 is 7.07. The maximum Gasteiger partial charge on any atom is 0.412 e. The molecule has 0 atom stereocenters. The third-order valence-electron chi connectivity index (χ3n) is 7.27. The maximum atomic E-state index is 14.0. The van der Waals surface area contributed by atoms with Crippen molar-refractivity contribution in [1.29, 1.82) is 0 Å². The fraction of sp³-hybridized carbons (Fsp3) is 0.412. The summed E-state index contributed by atoms with van der Waals surface area (Å²) in [7, 11) is 0. The number of aromatic nitrogens is 3. The number of hydrogen-bond donors (Lipinski definition) is 2. The minimum absolute atomic E-state index is 0.183. The van der Waals surface area contributed by atoms with E-state index in [9.17, 15) is 9.59 Å². The normalized spacial score (nSPS) is 11.6. The number of aryl methyl sites for hydroxylation is 2. The number of rotatable bonds is 13. The molecule has 0 fully saturated rings. The first-order valence-corrected chi connectivity index (χ1v) is 15.7. The molecular weight excluding hydrogens is 576 g/mol. The highest BCUT2D eigenvalue weighted by Gasteiger charge is 2.17. The van der Waals surface area contributed by atoms with Gasteiger partial charge in [0, 0.05) is 46.5 Å². The number of nitrogens with one attached hydrogen (secondary N) is 2. The molecule has 234 valence electrons. The van der Waals surface area contributed by atoms with Gasteiger partial charge in [0.1, 0.15) is 11.2 Å². The number of carbonyl (C=O) groups is 1. The number of fused-ring (bicyclic) bond motifs is 1. The molecule has 2 aromatic carbocycles. The number of nitrogens with zero attached hydrogens (tertiary/aromatic N) is 4. The number of pyridine rings is 1. The number of benzene rings is 2. The summed E-state index contributed by atoms with van der Waals surface area (Å²) in [5.74, 6) is 0.488. The second-order valence-corrected chi connectivity index (χ2v) is 12.1. The van der Waals surface area contributed by atoms with Gasteiger partial charge in [-0.1, -0.05) is 55.8 Å². The van der Waals surface area contributed by atoms with Crippen molar-refractivity contribution in [3.63, 3.8) is 0 Å². The van der Waals surface area contributed by atoms with Crippen LogP contribution in [0.3, 0.4) is 0 Å². The Morgan fingerprint density at radius 2 is 1.80 bits per heavy atom. The van der Waals surface area contributed by atoms with Gasteiger partial charge in [0.25, 0.3) is 5.56 Å². The second kappa shape index (κ2) is 15.2. The van der Waals surface area contributed by atoms with Crippen LogP contribution in [0.4, 0.5) is 16.4 Å². The van der Waals surface area contributed by atoms with Gasteiger partial charge in [-0.05, 0) is 89.5 Å². The zero-order valence-electron chi connectivity index (χ0n) is 26.3. The second-order valence-electron chi connectivity index (χ2n) is 11.7. The van der Waals surface area contributed by atoms with Crippen LogP contribution in [0.15, 0.2) is 65.6 Å². The molecule has 10 heteroatoms. The summed E-state index contributed by atoms with van der Waals surface area (Å²) in [6, 6.07) is 16.7. The van der Waals surface area contributed by atoms with E-state index in [1.807, 2.05) is 63.2 Å². The zero-order chi connectivity index (χ0) is 31.7. The average Bonchev–Trinajstić information content (AvgIpc) is 2.98. The number of carbonyl (C=O) groups excluding carboxylic acids is 1. The Balaban J connectivity index is 1.59. The van der Waals surface area contributed by atoms with Crippen LogP contribution in [0.2, 0.25) is 5.02 Å². The van der Waals surface area contributed by atoms with Crippen LogP contribution in [0, 0.1) is 0 Å². The lowest BCUT2D eigenvalue weighted by atomic mass is 10.1. The molecule has 0 aliphatic heterocycles. The van der Waals surface area contributed by atoms with E-state index in [-0.39, 0.29) is 5.56 Å². The van der Waals surface area contributed by atoms with Crippen molar-refractivity contribution < 1.29 is 9.53 Å². The standard InChI is InChI=1S/C34H43ClN6O3/c1-6-40(7-2)19-11-10-18-36-32-37-23-25-22-28(27-15-8-9-16-29(27)35)31(42)41(30(25)39-32)20-17-24-13-12-14-26(21-24)38-33(43)44-34(3,4)5/h8-9,12-16,21-23H,6-7,10-11,17-20H2,1-5H3,(H,38,43)(H,36,37,39). The van der Waals surface area contributed by atoms with Gasteiger partial charge in [-0.3, -0.25) is 14.7 Å².